The maximum absolute atomic E-state index is 13.1. The Labute approximate surface area is 208 Å². The lowest BCUT2D eigenvalue weighted by molar-refractivity contribution is -0.0384. The Kier molecular flexibility index (Phi) is 6.03. The van der Waals surface area contributed by atoms with Crippen LogP contribution in [-0.2, 0) is 27.7 Å². The minimum Gasteiger partial charge on any atom is -0.326 e. The van der Waals surface area contributed by atoms with E-state index in [-0.39, 0.29) is 27.7 Å². The second-order valence-electron chi connectivity index (χ2n) is 8.73. The fourth-order valence-corrected chi connectivity index (χ4v) is 5.90. The molecule has 0 saturated heterocycles. The summed E-state index contributed by atoms with van der Waals surface area (Å²) >= 11 is 0. The molecule has 0 radical (unpaired) electrons. The van der Waals surface area contributed by atoms with Crippen molar-refractivity contribution < 1.29 is 25.8 Å². The first kappa shape index (κ1) is 24.6. The van der Waals surface area contributed by atoms with Gasteiger partial charge in [0.25, 0.3) is 0 Å². The highest BCUT2D eigenvalue weighted by atomic mass is 32.2. The summed E-state index contributed by atoms with van der Waals surface area (Å²) in [4.78, 5) is 8.41. The van der Waals surface area contributed by atoms with E-state index in [9.17, 15) is 25.8 Å². The Morgan fingerprint density at radius 3 is 2.36 bits per heavy atom. The molecule has 1 unspecified atom stereocenters. The SMILES string of the molecule is CCS(=O)(=O)c1cc(-c2ccc(C3CC3)cc2)cnc1-c1nc2cc(S(=O)C(F)(F)F)ccc2n1C. The molecule has 5 rings (SSSR count). The van der Waals surface area contributed by atoms with Crippen LogP contribution in [0.15, 0.2) is 64.5 Å². The van der Waals surface area contributed by atoms with Crippen molar-refractivity contribution in [1.29, 1.82) is 0 Å². The van der Waals surface area contributed by atoms with Gasteiger partial charge in [0.05, 0.1) is 26.6 Å². The molecule has 0 aliphatic heterocycles. The molecule has 0 spiro atoms. The van der Waals surface area contributed by atoms with Crippen LogP contribution in [0.25, 0.3) is 33.7 Å². The number of benzene rings is 2. The lowest BCUT2D eigenvalue weighted by atomic mass is 10.0. The largest absolute Gasteiger partial charge is 0.475 e. The molecule has 1 aliphatic rings. The number of hydrogen-bond acceptors (Lipinski definition) is 5. The van der Waals surface area contributed by atoms with E-state index in [2.05, 4.69) is 9.97 Å². The van der Waals surface area contributed by atoms with Crippen LogP contribution in [0.4, 0.5) is 13.2 Å². The predicted octanol–water partition coefficient (Wildman–Crippen LogP) is 5.60. The molecule has 1 fully saturated rings. The van der Waals surface area contributed by atoms with Crippen LogP contribution in [0.3, 0.4) is 0 Å². The minimum absolute atomic E-state index is 0.00809. The van der Waals surface area contributed by atoms with E-state index in [1.54, 1.807) is 23.9 Å². The molecule has 0 N–H and O–H groups in total. The molecular weight excluding hydrogens is 511 g/mol. The van der Waals surface area contributed by atoms with Crippen molar-refractivity contribution in [1.82, 2.24) is 14.5 Å². The zero-order valence-electron chi connectivity index (χ0n) is 19.4. The van der Waals surface area contributed by atoms with Crippen LogP contribution < -0.4 is 0 Å². The zero-order chi connectivity index (χ0) is 25.8. The third-order valence-electron chi connectivity index (χ3n) is 6.35. The predicted molar refractivity (Wildman–Crippen MR) is 132 cm³/mol. The Bertz CT molecular complexity index is 1610. The van der Waals surface area contributed by atoms with Crippen molar-refractivity contribution in [3.8, 4) is 22.6 Å². The van der Waals surface area contributed by atoms with E-state index in [1.165, 1.54) is 31.4 Å². The van der Waals surface area contributed by atoms with Crippen molar-refractivity contribution in [2.24, 2.45) is 7.05 Å². The first-order chi connectivity index (χ1) is 17.0. The zero-order valence-corrected chi connectivity index (χ0v) is 21.0. The van der Waals surface area contributed by atoms with E-state index in [4.69, 9.17) is 0 Å². The number of imidazole rings is 1. The molecule has 0 amide bonds. The number of nitrogens with zero attached hydrogens (tertiary/aromatic N) is 3. The number of alkyl halides is 3. The smallest absolute Gasteiger partial charge is 0.326 e. The number of aromatic nitrogens is 3. The third kappa shape index (κ3) is 4.45. The van der Waals surface area contributed by atoms with Gasteiger partial charge in [-0.25, -0.2) is 17.6 Å². The molecule has 2 heterocycles. The number of halogens is 3. The fraction of sp³-hybridized carbons (Fsp3) is 0.280. The summed E-state index contributed by atoms with van der Waals surface area (Å²) < 4.78 is 78.3. The van der Waals surface area contributed by atoms with Crippen LogP contribution in [0.5, 0.6) is 0 Å². The molecule has 2 aromatic heterocycles. The molecule has 11 heteroatoms. The molecule has 188 valence electrons. The Morgan fingerprint density at radius 2 is 1.75 bits per heavy atom. The Morgan fingerprint density at radius 1 is 1.06 bits per heavy atom. The van der Waals surface area contributed by atoms with E-state index in [0.29, 0.717) is 17.0 Å². The van der Waals surface area contributed by atoms with E-state index < -0.39 is 31.0 Å². The summed E-state index contributed by atoms with van der Waals surface area (Å²) in [7, 11) is -5.31. The highest BCUT2D eigenvalue weighted by Crippen LogP contribution is 2.41. The summed E-state index contributed by atoms with van der Waals surface area (Å²) in [5.74, 6) is 0.620. The minimum atomic E-state index is -4.90. The van der Waals surface area contributed by atoms with Crippen molar-refractivity contribution in [3.63, 3.8) is 0 Å². The van der Waals surface area contributed by atoms with Crippen LogP contribution in [0.2, 0.25) is 0 Å². The number of rotatable bonds is 6. The summed E-state index contributed by atoms with van der Waals surface area (Å²) in [5.41, 5.74) is -1.46. The number of hydrogen-bond donors (Lipinski definition) is 0. The quantitative estimate of drug-likeness (QED) is 0.322. The lowest BCUT2D eigenvalue weighted by Gasteiger charge is -2.12. The summed E-state index contributed by atoms with van der Waals surface area (Å²) in [5, 5.41) is 0. The average molecular weight is 534 g/mol. The Balaban J connectivity index is 1.62. The van der Waals surface area contributed by atoms with Crippen molar-refractivity contribution in [2.45, 2.75) is 41.0 Å². The van der Waals surface area contributed by atoms with Crippen molar-refractivity contribution in [2.75, 3.05) is 5.75 Å². The van der Waals surface area contributed by atoms with Crippen molar-refractivity contribution >= 4 is 31.7 Å². The van der Waals surface area contributed by atoms with Crippen LogP contribution in [-0.4, -0.2) is 38.4 Å². The van der Waals surface area contributed by atoms with Gasteiger partial charge in [-0.2, -0.15) is 13.2 Å². The first-order valence-electron chi connectivity index (χ1n) is 11.3. The van der Waals surface area contributed by atoms with Gasteiger partial charge >= 0.3 is 5.51 Å². The molecule has 1 atom stereocenters. The summed E-state index contributed by atoms with van der Waals surface area (Å²) in [6.07, 6.45) is 3.93. The number of pyridine rings is 1. The molecule has 1 saturated carbocycles. The van der Waals surface area contributed by atoms with Gasteiger partial charge in [-0.1, -0.05) is 31.2 Å². The first-order valence-corrected chi connectivity index (χ1v) is 14.1. The maximum Gasteiger partial charge on any atom is 0.475 e. The molecular formula is C25H22F3N3O3S2. The van der Waals surface area contributed by atoms with Gasteiger partial charge in [0, 0.05) is 18.8 Å². The molecule has 36 heavy (non-hydrogen) atoms. The van der Waals surface area contributed by atoms with Gasteiger partial charge in [0.1, 0.15) is 5.69 Å². The number of fused-ring (bicyclic) bond motifs is 1. The normalized spacial score (nSPS) is 15.4. The van der Waals surface area contributed by atoms with Gasteiger partial charge in [0.15, 0.2) is 26.5 Å². The van der Waals surface area contributed by atoms with E-state index >= 15 is 0 Å². The van der Waals surface area contributed by atoms with Gasteiger partial charge in [0.2, 0.25) is 0 Å². The second-order valence-corrected chi connectivity index (χ2v) is 12.4. The van der Waals surface area contributed by atoms with E-state index in [1.807, 2.05) is 24.3 Å². The highest BCUT2D eigenvalue weighted by Gasteiger charge is 2.38. The summed E-state index contributed by atoms with van der Waals surface area (Å²) in [6.45, 7) is 1.53. The topological polar surface area (TPSA) is 81.9 Å². The van der Waals surface area contributed by atoms with Gasteiger partial charge in [-0.05, 0) is 54.2 Å². The molecule has 6 nitrogen and oxygen atoms in total. The van der Waals surface area contributed by atoms with E-state index in [0.717, 1.165) is 17.7 Å². The second kappa shape index (κ2) is 8.81. The van der Waals surface area contributed by atoms with Crippen LogP contribution in [0.1, 0.15) is 31.2 Å². The van der Waals surface area contributed by atoms with Crippen LogP contribution in [0, 0.1) is 0 Å². The molecule has 4 aromatic rings. The Hall–Kier alpha value is -3.05. The molecule has 0 bridgehead atoms. The third-order valence-corrected chi connectivity index (χ3v) is 9.19. The standard InChI is InChI=1S/C25H22F3N3O3S2/c1-3-36(33,34)22-12-18(17-8-6-16(7-9-17)15-4-5-15)14-29-23(22)24-30-20-13-19(35(32)25(26,27)28)10-11-21(20)31(24)2/h6-15H,3-5H2,1-2H3. The fourth-order valence-electron chi connectivity index (χ4n) is 4.17. The lowest BCUT2D eigenvalue weighted by Crippen LogP contribution is -2.16. The number of sulfone groups is 1. The van der Waals surface area contributed by atoms with Gasteiger partial charge in [-0.3, -0.25) is 4.98 Å². The van der Waals surface area contributed by atoms with Crippen molar-refractivity contribution in [3.05, 3.63) is 60.3 Å². The van der Waals surface area contributed by atoms with Gasteiger partial charge in [-0.15, -0.1) is 0 Å². The number of aryl methyl sites for hydroxylation is 1. The van der Waals surface area contributed by atoms with Gasteiger partial charge < -0.3 is 4.57 Å². The molecule has 2 aromatic carbocycles. The average Bonchev–Trinajstić information content (AvgIpc) is 3.66. The highest BCUT2D eigenvalue weighted by molar-refractivity contribution is 7.91. The molecule has 1 aliphatic carbocycles. The maximum atomic E-state index is 13.1. The van der Waals surface area contributed by atoms with Crippen LogP contribution >= 0.6 is 0 Å². The monoisotopic (exact) mass is 533 g/mol. The summed E-state index contributed by atoms with van der Waals surface area (Å²) in [6, 6.07) is 13.2.